The molecular weight excluding hydrogens is 452 g/mol. The fourth-order valence-electron chi connectivity index (χ4n) is 4.93. The maximum atomic E-state index is 13.6. The highest BCUT2D eigenvalue weighted by atomic mass is 35.5. The van der Waals surface area contributed by atoms with Crippen LogP contribution in [0.2, 0.25) is 5.02 Å². The Bertz CT molecular complexity index is 1190. The van der Waals surface area contributed by atoms with Crippen molar-refractivity contribution in [2.24, 2.45) is 0 Å². The fourth-order valence-corrected chi connectivity index (χ4v) is 5.06. The van der Waals surface area contributed by atoms with Crippen LogP contribution in [0.15, 0.2) is 40.8 Å². The highest BCUT2D eigenvalue weighted by Crippen LogP contribution is 2.28. The Morgan fingerprint density at radius 2 is 1.76 bits per heavy atom. The summed E-state index contributed by atoms with van der Waals surface area (Å²) in [5.74, 6) is 0.816. The number of furan rings is 1. The van der Waals surface area contributed by atoms with Crippen molar-refractivity contribution in [3.05, 3.63) is 69.9 Å². The quantitative estimate of drug-likeness (QED) is 0.547. The van der Waals surface area contributed by atoms with Crippen molar-refractivity contribution in [3.63, 3.8) is 0 Å². The van der Waals surface area contributed by atoms with Gasteiger partial charge in [0.05, 0.1) is 5.69 Å². The first-order chi connectivity index (χ1) is 16.5. The predicted octanol–water partition coefficient (Wildman–Crippen LogP) is 4.73. The maximum absolute atomic E-state index is 13.6. The van der Waals surface area contributed by atoms with Gasteiger partial charge < -0.3 is 14.6 Å². The van der Waals surface area contributed by atoms with Crippen molar-refractivity contribution in [2.45, 2.75) is 57.9 Å². The Morgan fingerprint density at radius 1 is 1.03 bits per heavy atom. The fraction of sp³-hybridized carbons (Fsp3) is 0.423. The first-order valence-electron chi connectivity index (χ1n) is 12.0. The van der Waals surface area contributed by atoms with Gasteiger partial charge in [-0.25, -0.2) is 4.68 Å². The third-order valence-electron chi connectivity index (χ3n) is 6.79. The number of piperidine rings is 1. The lowest BCUT2D eigenvalue weighted by Gasteiger charge is -2.32. The van der Waals surface area contributed by atoms with E-state index in [-0.39, 0.29) is 17.9 Å². The number of carbonyl (C=O) groups is 2. The molecule has 34 heavy (non-hydrogen) atoms. The molecule has 7 nitrogen and oxygen atoms in total. The zero-order valence-electron chi connectivity index (χ0n) is 19.3. The molecule has 2 amide bonds. The number of aryl methyl sites for hydroxylation is 1. The van der Waals surface area contributed by atoms with E-state index in [2.05, 4.69) is 5.32 Å². The summed E-state index contributed by atoms with van der Waals surface area (Å²) in [6, 6.07) is 11.1. The van der Waals surface area contributed by atoms with Gasteiger partial charge in [0.1, 0.15) is 5.76 Å². The van der Waals surface area contributed by atoms with E-state index in [1.165, 1.54) is 0 Å². The van der Waals surface area contributed by atoms with Crippen LogP contribution in [0.5, 0.6) is 0 Å². The number of halogens is 1. The van der Waals surface area contributed by atoms with Gasteiger partial charge in [-0.3, -0.25) is 9.59 Å². The predicted molar refractivity (Wildman–Crippen MR) is 130 cm³/mol. The van der Waals surface area contributed by atoms with Crippen LogP contribution in [0, 0.1) is 6.92 Å². The summed E-state index contributed by atoms with van der Waals surface area (Å²) in [5.41, 5.74) is 3.72. The minimum Gasteiger partial charge on any atom is -0.456 e. The second-order valence-electron chi connectivity index (χ2n) is 9.17. The van der Waals surface area contributed by atoms with Crippen molar-refractivity contribution >= 4 is 23.4 Å². The average molecular weight is 481 g/mol. The second kappa shape index (κ2) is 9.66. The van der Waals surface area contributed by atoms with Crippen LogP contribution in [-0.4, -0.2) is 45.6 Å². The average Bonchev–Trinajstić information content (AvgIpc) is 3.35. The zero-order valence-corrected chi connectivity index (χ0v) is 20.1. The Morgan fingerprint density at radius 3 is 2.47 bits per heavy atom. The van der Waals surface area contributed by atoms with E-state index in [0.717, 1.165) is 49.0 Å². The number of rotatable bonds is 4. The lowest BCUT2D eigenvalue weighted by atomic mass is 10.0. The first-order valence-corrected chi connectivity index (χ1v) is 12.4. The maximum Gasteiger partial charge on any atom is 0.287 e. The molecule has 1 aliphatic carbocycles. The zero-order chi connectivity index (χ0) is 23.7. The minimum absolute atomic E-state index is 0.0164. The summed E-state index contributed by atoms with van der Waals surface area (Å²) in [4.78, 5) is 27.8. The Balaban J connectivity index is 1.31. The van der Waals surface area contributed by atoms with Crippen LogP contribution in [0.25, 0.3) is 5.69 Å². The van der Waals surface area contributed by atoms with E-state index >= 15 is 0 Å². The normalized spacial score (nSPS) is 16.7. The number of nitrogens with zero attached hydrogens (tertiary/aromatic N) is 3. The largest absolute Gasteiger partial charge is 0.456 e. The van der Waals surface area contributed by atoms with Crippen LogP contribution >= 0.6 is 11.6 Å². The van der Waals surface area contributed by atoms with Crippen LogP contribution in [0.1, 0.15) is 70.2 Å². The van der Waals surface area contributed by atoms with Gasteiger partial charge in [-0.2, -0.15) is 5.10 Å². The number of hydrogen-bond donors (Lipinski definition) is 1. The van der Waals surface area contributed by atoms with Gasteiger partial charge in [0.2, 0.25) is 0 Å². The molecule has 2 aromatic heterocycles. The summed E-state index contributed by atoms with van der Waals surface area (Å²) >= 11 is 6.08. The number of hydrogen-bond acceptors (Lipinski definition) is 4. The smallest absolute Gasteiger partial charge is 0.287 e. The molecule has 0 saturated carbocycles. The SMILES string of the molecule is Cc1ccc(C(=O)NC2CCN(C(=O)c3nn(-c4ccc(Cl)cc4)c4c3CCCCC4)CC2)o1. The van der Waals surface area contributed by atoms with Gasteiger partial charge in [0, 0.05) is 35.4 Å². The van der Waals surface area contributed by atoms with Gasteiger partial charge in [-0.05, 0) is 81.8 Å². The van der Waals surface area contributed by atoms with Crippen LogP contribution in [0.4, 0.5) is 0 Å². The summed E-state index contributed by atoms with van der Waals surface area (Å²) in [6.45, 7) is 2.99. The lowest BCUT2D eigenvalue weighted by Crippen LogP contribution is -2.46. The summed E-state index contributed by atoms with van der Waals surface area (Å²) in [6.07, 6.45) is 6.52. The molecule has 5 rings (SSSR count). The monoisotopic (exact) mass is 480 g/mol. The van der Waals surface area contributed by atoms with E-state index in [1.54, 1.807) is 12.1 Å². The van der Waals surface area contributed by atoms with Crippen LogP contribution in [-0.2, 0) is 12.8 Å². The Labute approximate surface area is 204 Å². The van der Waals surface area contributed by atoms with E-state index in [1.807, 2.05) is 40.8 Å². The molecule has 0 bridgehead atoms. The number of nitrogens with one attached hydrogen (secondary N) is 1. The standard InChI is InChI=1S/C26H29ClN4O3/c1-17-7-12-23(34-17)25(32)28-19-13-15-30(16-14-19)26(33)24-21-5-3-2-4-6-22(21)31(29-24)20-10-8-18(27)9-11-20/h7-12,19H,2-6,13-16H2,1H3,(H,28,32). The third-order valence-corrected chi connectivity index (χ3v) is 7.04. The molecule has 2 aliphatic rings. The van der Waals surface area contributed by atoms with Crippen LogP contribution in [0.3, 0.4) is 0 Å². The first kappa shape index (κ1) is 22.7. The van der Waals surface area contributed by atoms with E-state index in [4.69, 9.17) is 21.1 Å². The van der Waals surface area contributed by atoms with E-state index in [0.29, 0.717) is 48.2 Å². The van der Waals surface area contributed by atoms with Crippen molar-refractivity contribution in [2.75, 3.05) is 13.1 Å². The summed E-state index contributed by atoms with van der Waals surface area (Å²) in [7, 11) is 0. The second-order valence-corrected chi connectivity index (χ2v) is 9.61. The third kappa shape index (κ3) is 4.62. The van der Waals surface area contributed by atoms with Crippen molar-refractivity contribution in [1.29, 1.82) is 0 Å². The molecule has 1 aromatic carbocycles. The highest BCUT2D eigenvalue weighted by Gasteiger charge is 2.31. The molecule has 0 atom stereocenters. The molecular formula is C26H29ClN4O3. The molecule has 1 saturated heterocycles. The van der Waals surface area contributed by atoms with Gasteiger partial charge in [0.25, 0.3) is 11.8 Å². The Hall–Kier alpha value is -3.06. The van der Waals surface area contributed by atoms with E-state index in [9.17, 15) is 9.59 Å². The lowest BCUT2D eigenvalue weighted by molar-refractivity contribution is 0.0688. The van der Waals surface area contributed by atoms with Gasteiger partial charge >= 0.3 is 0 Å². The number of amides is 2. The van der Waals surface area contributed by atoms with Crippen molar-refractivity contribution in [3.8, 4) is 5.69 Å². The molecule has 3 heterocycles. The van der Waals surface area contributed by atoms with Crippen molar-refractivity contribution < 1.29 is 14.0 Å². The van der Waals surface area contributed by atoms with Gasteiger partial charge in [-0.15, -0.1) is 0 Å². The molecule has 0 spiro atoms. The van der Waals surface area contributed by atoms with Gasteiger partial charge in [0.15, 0.2) is 11.5 Å². The number of likely N-dealkylation sites (tertiary alicyclic amines) is 1. The van der Waals surface area contributed by atoms with E-state index < -0.39 is 0 Å². The number of fused-ring (bicyclic) bond motifs is 1. The number of benzene rings is 1. The number of carbonyl (C=O) groups excluding carboxylic acids is 2. The molecule has 8 heteroatoms. The molecule has 1 fully saturated rings. The van der Waals surface area contributed by atoms with Gasteiger partial charge in [-0.1, -0.05) is 18.0 Å². The molecule has 3 aromatic rings. The number of aromatic nitrogens is 2. The highest BCUT2D eigenvalue weighted by molar-refractivity contribution is 6.30. The summed E-state index contributed by atoms with van der Waals surface area (Å²) in [5, 5.41) is 8.53. The molecule has 1 aliphatic heterocycles. The topological polar surface area (TPSA) is 80.4 Å². The summed E-state index contributed by atoms with van der Waals surface area (Å²) < 4.78 is 7.35. The molecule has 1 N–H and O–H groups in total. The minimum atomic E-state index is -0.204. The van der Waals surface area contributed by atoms with Crippen LogP contribution < -0.4 is 5.32 Å². The molecule has 178 valence electrons. The molecule has 0 radical (unpaired) electrons. The molecule has 0 unspecified atom stereocenters. The Kier molecular flexibility index (Phi) is 6.46. The van der Waals surface area contributed by atoms with Crippen molar-refractivity contribution in [1.82, 2.24) is 20.0 Å².